The Morgan fingerprint density at radius 3 is 2.74 bits per heavy atom. The minimum atomic E-state index is -0.0850. The van der Waals surface area contributed by atoms with Crippen LogP contribution in [0.5, 0.6) is 0 Å². The number of aromatic amines is 1. The molecule has 0 aliphatic carbocycles. The number of rotatable bonds is 5. The van der Waals surface area contributed by atoms with E-state index in [2.05, 4.69) is 25.5 Å². The molecule has 0 unspecified atom stereocenters. The van der Waals surface area contributed by atoms with Gasteiger partial charge in [-0.2, -0.15) is 4.98 Å². The summed E-state index contributed by atoms with van der Waals surface area (Å²) in [6, 6.07) is 13.1. The van der Waals surface area contributed by atoms with E-state index in [1.54, 1.807) is 13.2 Å². The zero-order valence-electron chi connectivity index (χ0n) is 12.5. The van der Waals surface area contributed by atoms with Crippen molar-refractivity contribution in [3.05, 3.63) is 59.8 Å². The molecule has 23 heavy (non-hydrogen) atoms. The van der Waals surface area contributed by atoms with Gasteiger partial charge in [0.05, 0.1) is 0 Å². The molecule has 116 valence electrons. The van der Waals surface area contributed by atoms with Gasteiger partial charge in [-0.3, -0.25) is 14.9 Å². The molecule has 1 aromatic carbocycles. The first-order chi connectivity index (χ1) is 11.3. The number of thioether (sulfide) groups is 1. The molecule has 0 saturated heterocycles. The van der Waals surface area contributed by atoms with Gasteiger partial charge in [-0.1, -0.05) is 30.0 Å². The molecule has 2 N–H and O–H groups in total. The Labute approximate surface area is 137 Å². The molecule has 3 aromatic rings. The van der Waals surface area contributed by atoms with Gasteiger partial charge in [-0.15, -0.1) is 5.10 Å². The zero-order chi connectivity index (χ0) is 16.1. The van der Waals surface area contributed by atoms with Crippen LogP contribution in [0.15, 0.2) is 53.8 Å². The van der Waals surface area contributed by atoms with Crippen molar-refractivity contribution in [1.82, 2.24) is 25.5 Å². The molecule has 0 fully saturated rings. The van der Waals surface area contributed by atoms with E-state index in [-0.39, 0.29) is 5.91 Å². The maximum atomic E-state index is 11.5. The second-order valence-electron chi connectivity index (χ2n) is 4.75. The quantitative estimate of drug-likeness (QED) is 0.704. The monoisotopic (exact) mass is 325 g/mol. The first-order valence-electron chi connectivity index (χ1n) is 7.04. The highest BCUT2D eigenvalue weighted by Crippen LogP contribution is 2.21. The summed E-state index contributed by atoms with van der Waals surface area (Å²) in [5.41, 5.74) is 2.52. The van der Waals surface area contributed by atoms with E-state index >= 15 is 0 Å². The smallest absolute Gasteiger partial charge is 0.251 e. The van der Waals surface area contributed by atoms with Crippen molar-refractivity contribution in [1.29, 1.82) is 0 Å². The van der Waals surface area contributed by atoms with E-state index in [1.165, 1.54) is 11.8 Å². The summed E-state index contributed by atoms with van der Waals surface area (Å²) < 4.78 is 0. The Morgan fingerprint density at radius 1 is 1.22 bits per heavy atom. The summed E-state index contributed by atoms with van der Waals surface area (Å²) in [7, 11) is 1.62. The first-order valence-corrected chi connectivity index (χ1v) is 8.02. The van der Waals surface area contributed by atoms with Gasteiger partial charge in [0.25, 0.3) is 5.91 Å². The number of hydrogen-bond donors (Lipinski definition) is 2. The number of carbonyl (C=O) groups excluding carboxylic acids is 1. The van der Waals surface area contributed by atoms with Crippen LogP contribution in [0.4, 0.5) is 0 Å². The van der Waals surface area contributed by atoms with Crippen LogP contribution < -0.4 is 5.32 Å². The molecule has 0 aliphatic heterocycles. The minimum Gasteiger partial charge on any atom is -0.355 e. The Kier molecular flexibility index (Phi) is 4.68. The molecule has 6 nitrogen and oxygen atoms in total. The molecule has 0 bridgehead atoms. The second-order valence-corrected chi connectivity index (χ2v) is 5.69. The van der Waals surface area contributed by atoms with Gasteiger partial charge < -0.3 is 5.32 Å². The predicted molar refractivity (Wildman–Crippen MR) is 89.0 cm³/mol. The predicted octanol–water partition coefficient (Wildman–Crippen LogP) is 2.52. The normalized spacial score (nSPS) is 10.5. The summed E-state index contributed by atoms with van der Waals surface area (Å²) in [5, 5.41) is 10.4. The molecule has 0 atom stereocenters. The van der Waals surface area contributed by atoms with Gasteiger partial charge in [-0.05, 0) is 29.8 Å². The fourth-order valence-electron chi connectivity index (χ4n) is 1.97. The summed E-state index contributed by atoms with van der Waals surface area (Å²) >= 11 is 1.53. The third-order valence-electron chi connectivity index (χ3n) is 3.18. The lowest BCUT2D eigenvalue weighted by atomic mass is 10.1. The molecule has 0 radical (unpaired) electrons. The Hall–Kier alpha value is -2.67. The van der Waals surface area contributed by atoms with Gasteiger partial charge in [0.2, 0.25) is 5.16 Å². The van der Waals surface area contributed by atoms with Crippen LogP contribution in [0.2, 0.25) is 0 Å². The second kappa shape index (κ2) is 7.06. The summed E-state index contributed by atoms with van der Waals surface area (Å²) in [6.45, 7) is 0. The van der Waals surface area contributed by atoms with E-state index in [4.69, 9.17) is 0 Å². The van der Waals surface area contributed by atoms with Crippen molar-refractivity contribution in [2.75, 3.05) is 7.05 Å². The van der Waals surface area contributed by atoms with Crippen LogP contribution >= 0.6 is 11.8 Å². The average molecular weight is 325 g/mol. The van der Waals surface area contributed by atoms with Gasteiger partial charge in [0.1, 0.15) is 5.69 Å². The molecule has 1 amide bonds. The number of nitrogens with zero attached hydrogens (tertiary/aromatic N) is 3. The van der Waals surface area contributed by atoms with Crippen molar-refractivity contribution in [3.8, 4) is 11.5 Å². The van der Waals surface area contributed by atoms with Crippen LogP contribution in [-0.2, 0) is 5.75 Å². The Balaban J connectivity index is 1.63. The molecule has 2 aromatic heterocycles. The Morgan fingerprint density at radius 2 is 2.04 bits per heavy atom. The fourth-order valence-corrected chi connectivity index (χ4v) is 2.73. The third kappa shape index (κ3) is 3.75. The van der Waals surface area contributed by atoms with Crippen molar-refractivity contribution in [2.24, 2.45) is 0 Å². The molecule has 0 spiro atoms. The maximum Gasteiger partial charge on any atom is 0.251 e. The fraction of sp³-hybridized carbons (Fsp3) is 0.125. The number of amides is 1. The molecular formula is C16H15N5OS. The number of pyridine rings is 1. The molecule has 0 saturated carbocycles. The van der Waals surface area contributed by atoms with Gasteiger partial charge in [0.15, 0.2) is 5.82 Å². The van der Waals surface area contributed by atoms with Gasteiger partial charge in [0, 0.05) is 24.6 Å². The third-order valence-corrected chi connectivity index (χ3v) is 4.10. The van der Waals surface area contributed by atoms with Gasteiger partial charge >= 0.3 is 0 Å². The number of nitrogens with one attached hydrogen (secondary N) is 2. The molecule has 0 aliphatic rings. The minimum absolute atomic E-state index is 0.0850. The maximum absolute atomic E-state index is 11.5. The highest BCUT2D eigenvalue weighted by Gasteiger charge is 2.08. The van der Waals surface area contributed by atoms with Crippen molar-refractivity contribution < 1.29 is 4.79 Å². The SMILES string of the molecule is CNC(=O)c1ccc(CSc2n[nH]c(-c3ccccn3)n2)cc1. The number of H-pyrrole nitrogens is 1. The topological polar surface area (TPSA) is 83.6 Å². The molecule has 7 heteroatoms. The lowest BCUT2D eigenvalue weighted by Crippen LogP contribution is -2.17. The molecular weight excluding hydrogens is 310 g/mol. The van der Waals surface area contributed by atoms with E-state index in [1.807, 2.05) is 42.5 Å². The van der Waals surface area contributed by atoms with Gasteiger partial charge in [-0.25, -0.2) is 0 Å². The van der Waals surface area contributed by atoms with E-state index in [0.29, 0.717) is 16.5 Å². The average Bonchev–Trinajstić information content (AvgIpc) is 3.09. The van der Waals surface area contributed by atoms with Crippen LogP contribution in [-0.4, -0.2) is 33.1 Å². The number of aromatic nitrogens is 4. The van der Waals surface area contributed by atoms with E-state index in [0.717, 1.165) is 17.0 Å². The lowest BCUT2D eigenvalue weighted by Gasteiger charge is -2.02. The zero-order valence-corrected chi connectivity index (χ0v) is 13.3. The standard InChI is InChI=1S/C16H15N5OS/c1-17-15(22)12-7-5-11(6-8-12)10-23-16-19-14(20-21-16)13-4-2-3-9-18-13/h2-9H,10H2,1H3,(H,17,22)(H,19,20,21). The van der Waals surface area contributed by atoms with E-state index in [9.17, 15) is 4.79 Å². The molecule has 2 heterocycles. The lowest BCUT2D eigenvalue weighted by molar-refractivity contribution is 0.0963. The van der Waals surface area contributed by atoms with Crippen LogP contribution in [0, 0.1) is 0 Å². The first kappa shape index (κ1) is 15.2. The van der Waals surface area contributed by atoms with E-state index < -0.39 is 0 Å². The van der Waals surface area contributed by atoms with Crippen LogP contribution in [0.1, 0.15) is 15.9 Å². The van der Waals surface area contributed by atoms with Crippen LogP contribution in [0.25, 0.3) is 11.5 Å². The number of hydrogen-bond acceptors (Lipinski definition) is 5. The highest BCUT2D eigenvalue weighted by atomic mass is 32.2. The largest absolute Gasteiger partial charge is 0.355 e. The number of benzene rings is 1. The molecule has 3 rings (SSSR count). The number of carbonyl (C=O) groups is 1. The summed E-state index contributed by atoms with van der Waals surface area (Å²) in [5.74, 6) is 1.30. The Bertz CT molecular complexity index is 786. The summed E-state index contributed by atoms with van der Waals surface area (Å²) in [6.07, 6.45) is 1.72. The highest BCUT2D eigenvalue weighted by molar-refractivity contribution is 7.98. The van der Waals surface area contributed by atoms with Crippen LogP contribution in [0.3, 0.4) is 0 Å². The summed E-state index contributed by atoms with van der Waals surface area (Å²) in [4.78, 5) is 20.2. The van der Waals surface area contributed by atoms with Crippen molar-refractivity contribution in [3.63, 3.8) is 0 Å². The van der Waals surface area contributed by atoms with Crippen molar-refractivity contribution in [2.45, 2.75) is 10.9 Å². The van der Waals surface area contributed by atoms with Crippen molar-refractivity contribution >= 4 is 17.7 Å².